The number of fused-ring (bicyclic) bond motifs is 1. The summed E-state index contributed by atoms with van der Waals surface area (Å²) in [6.45, 7) is 0.248. The number of ketones is 2. The number of hydrogen-bond donors (Lipinski definition) is 1. The van der Waals surface area contributed by atoms with Crippen LogP contribution in [0.15, 0.2) is 18.2 Å². The Kier molecular flexibility index (Phi) is 4.66. The van der Waals surface area contributed by atoms with E-state index in [1.54, 1.807) is 18.2 Å². The summed E-state index contributed by atoms with van der Waals surface area (Å²) in [5.41, 5.74) is 1.70. The van der Waals surface area contributed by atoms with Crippen molar-refractivity contribution in [3.8, 4) is 0 Å². The second kappa shape index (κ2) is 6.73. The van der Waals surface area contributed by atoms with Gasteiger partial charge in [-0.25, -0.2) is 0 Å². The molecule has 0 radical (unpaired) electrons. The van der Waals surface area contributed by atoms with Crippen molar-refractivity contribution >= 4 is 40.7 Å². The number of halogens is 1. The standard InChI is InChI=1S/C17H17ClN2O4/c18-8-16(23)19-13-5-2-4-11-12(13)9-20(17(11)24)14-6-1-3-10(21)7-15(14)22/h2,4-5,14H,1,3,6-9H2,(H,19,23). The summed E-state index contributed by atoms with van der Waals surface area (Å²) in [5, 5.41) is 2.68. The van der Waals surface area contributed by atoms with Crippen molar-refractivity contribution in [3.05, 3.63) is 29.3 Å². The van der Waals surface area contributed by atoms with Gasteiger partial charge < -0.3 is 10.2 Å². The van der Waals surface area contributed by atoms with Crippen LogP contribution in [-0.4, -0.2) is 40.2 Å². The summed E-state index contributed by atoms with van der Waals surface area (Å²) in [6, 6.07) is 4.49. The zero-order valence-corrected chi connectivity index (χ0v) is 13.8. The normalized spacial score (nSPS) is 20.8. The van der Waals surface area contributed by atoms with E-state index in [0.29, 0.717) is 36.1 Å². The van der Waals surface area contributed by atoms with Crippen LogP contribution in [0.4, 0.5) is 5.69 Å². The van der Waals surface area contributed by atoms with Gasteiger partial charge in [0.25, 0.3) is 5.91 Å². The number of Topliss-reactive ketones (excluding diaryl/α,β-unsaturated/α-hetero) is 2. The van der Waals surface area contributed by atoms with Crippen molar-refractivity contribution in [1.82, 2.24) is 4.90 Å². The summed E-state index contributed by atoms with van der Waals surface area (Å²) in [5.74, 6) is -1.04. The van der Waals surface area contributed by atoms with Gasteiger partial charge in [-0.15, -0.1) is 11.6 Å². The fourth-order valence-corrected chi connectivity index (χ4v) is 3.36. The van der Waals surface area contributed by atoms with Gasteiger partial charge in [-0.2, -0.15) is 0 Å². The third-order valence-corrected chi connectivity index (χ3v) is 4.69. The van der Waals surface area contributed by atoms with E-state index in [-0.39, 0.29) is 42.2 Å². The van der Waals surface area contributed by atoms with Gasteiger partial charge in [0.05, 0.1) is 12.5 Å². The highest BCUT2D eigenvalue weighted by Gasteiger charge is 2.38. The van der Waals surface area contributed by atoms with Crippen molar-refractivity contribution in [2.75, 3.05) is 11.2 Å². The van der Waals surface area contributed by atoms with Crippen LogP contribution in [0.5, 0.6) is 0 Å². The molecule has 6 nitrogen and oxygen atoms in total. The molecule has 1 aliphatic heterocycles. The number of rotatable bonds is 3. The lowest BCUT2D eigenvalue weighted by Crippen LogP contribution is -2.41. The van der Waals surface area contributed by atoms with Crippen molar-refractivity contribution in [1.29, 1.82) is 0 Å². The highest BCUT2D eigenvalue weighted by Crippen LogP contribution is 2.32. The van der Waals surface area contributed by atoms with E-state index in [4.69, 9.17) is 11.6 Å². The molecule has 3 rings (SSSR count). The molecule has 2 aliphatic rings. The number of hydrogen-bond acceptors (Lipinski definition) is 4. The largest absolute Gasteiger partial charge is 0.325 e. The van der Waals surface area contributed by atoms with Gasteiger partial charge >= 0.3 is 0 Å². The van der Waals surface area contributed by atoms with Gasteiger partial charge in [-0.3, -0.25) is 19.2 Å². The lowest BCUT2D eigenvalue weighted by atomic mass is 10.1. The summed E-state index contributed by atoms with van der Waals surface area (Å²) in [4.78, 5) is 49.6. The predicted octanol–water partition coefficient (Wildman–Crippen LogP) is 1.90. The molecule has 1 N–H and O–H groups in total. The first-order valence-electron chi connectivity index (χ1n) is 7.84. The fourth-order valence-electron chi connectivity index (χ4n) is 3.29. The number of carbonyl (C=O) groups excluding carboxylic acids is 4. The molecular formula is C17H17ClN2O4. The summed E-state index contributed by atoms with van der Waals surface area (Å²) in [7, 11) is 0. The van der Waals surface area contributed by atoms with E-state index in [2.05, 4.69) is 5.32 Å². The number of carbonyl (C=O) groups is 4. The maximum absolute atomic E-state index is 12.7. The van der Waals surface area contributed by atoms with Gasteiger partial charge in [0.15, 0.2) is 5.78 Å². The van der Waals surface area contributed by atoms with Gasteiger partial charge in [-0.1, -0.05) is 6.07 Å². The second-order valence-corrected chi connectivity index (χ2v) is 6.30. The smallest absolute Gasteiger partial charge is 0.255 e. The van der Waals surface area contributed by atoms with Crippen LogP contribution in [0.1, 0.15) is 41.6 Å². The number of anilines is 1. The summed E-state index contributed by atoms with van der Waals surface area (Å²) in [6.07, 6.45) is 1.37. The molecule has 1 fully saturated rings. The SMILES string of the molecule is O=C1CCCC(N2Cc3c(NC(=O)CCl)cccc3C2=O)C(=O)C1. The Labute approximate surface area is 144 Å². The molecule has 126 valence electrons. The lowest BCUT2D eigenvalue weighted by molar-refractivity contribution is -0.128. The fraction of sp³-hybridized carbons (Fsp3) is 0.412. The van der Waals surface area contributed by atoms with Gasteiger partial charge in [0.1, 0.15) is 11.7 Å². The van der Waals surface area contributed by atoms with Gasteiger partial charge in [0.2, 0.25) is 5.91 Å². The second-order valence-electron chi connectivity index (χ2n) is 6.04. The van der Waals surface area contributed by atoms with E-state index < -0.39 is 6.04 Å². The van der Waals surface area contributed by atoms with Crippen LogP contribution >= 0.6 is 11.6 Å². The van der Waals surface area contributed by atoms with Crippen LogP contribution in [0.2, 0.25) is 0 Å². The molecule has 1 unspecified atom stereocenters. The molecule has 1 atom stereocenters. The van der Waals surface area contributed by atoms with Crippen LogP contribution in [0.25, 0.3) is 0 Å². The Morgan fingerprint density at radius 1 is 1.29 bits per heavy atom. The zero-order chi connectivity index (χ0) is 17.3. The number of alkyl halides is 1. The van der Waals surface area contributed by atoms with Gasteiger partial charge in [0, 0.05) is 29.8 Å². The summed E-state index contributed by atoms with van der Waals surface area (Å²) < 4.78 is 0. The topological polar surface area (TPSA) is 83.6 Å². The Balaban J connectivity index is 1.87. The lowest BCUT2D eigenvalue weighted by Gasteiger charge is -2.25. The number of benzene rings is 1. The summed E-state index contributed by atoms with van der Waals surface area (Å²) >= 11 is 5.52. The maximum Gasteiger partial charge on any atom is 0.255 e. The number of nitrogens with one attached hydrogen (secondary N) is 1. The molecule has 0 saturated heterocycles. The monoisotopic (exact) mass is 348 g/mol. The Morgan fingerprint density at radius 3 is 2.83 bits per heavy atom. The van der Waals surface area contributed by atoms with Crippen molar-refractivity contribution < 1.29 is 19.2 Å². The van der Waals surface area contributed by atoms with Crippen LogP contribution in [0, 0.1) is 0 Å². The quantitative estimate of drug-likeness (QED) is 0.513. The molecule has 0 spiro atoms. The first kappa shape index (κ1) is 16.6. The molecule has 1 aromatic carbocycles. The first-order chi connectivity index (χ1) is 11.5. The van der Waals surface area contributed by atoms with Crippen molar-refractivity contribution in [2.24, 2.45) is 0 Å². The maximum atomic E-state index is 12.7. The van der Waals surface area contributed by atoms with E-state index in [1.807, 2.05) is 0 Å². The highest BCUT2D eigenvalue weighted by molar-refractivity contribution is 6.29. The molecule has 1 aliphatic carbocycles. The molecule has 2 amide bonds. The third kappa shape index (κ3) is 3.06. The molecule has 0 bridgehead atoms. The Hall–Kier alpha value is -2.21. The minimum atomic E-state index is -0.576. The van der Waals surface area contributed by atoms with Crippen molar-refractivity contribution in [3.63, 3.8) is 0 Å². The molecule has 1 saturated carbocycles. The average molecular weight is 349 g/mol. The Bertz CT molecular complexity index is 731. The third-order valence-electron chi connectivity index (χ3n) is 4.44. The number of amides is 2. The average Bonchev–Trinajstić information content (AvgIpc) is 2.79. The zero-order valence-electron chi connectivity index (χ0n) is 13.0. The van der Waals surface area contributed by atoms with E-state index in [1.165, 1.54) is 4.90 Å². The van der Waals surface area contributed by atoms with E-state index in [0.717, 1.165) is 0 Å². The van der Waals surface area contributed by atoms with Crippen LogP contribution in [-0.2, 0) is 20.9 Å². The molecule has 1 aromatic rings. The van der Waals surface area contributed by atoms with E-state index in [9.17, 15) is 19.2 Å². The minimum Gasteiger partial charge on any atom is -0.325 e. The molecular weight excluding hydrogens is 332 g/mol. The van der Waals surface area contributed by atoms with Crippen molar-refractivity contribution in [2.45, 2.75) is 38.3 Å². The molecule has 1 heterocycles. The number of nitrogens with zero attached hydrogens (tertiary/aromatic N) is 1. The molecule has 0 aromatic heterocycles. The van der Waals surface area contributed by atoms with Crippen LogP contribution < -0.4 is 5.32 Å². The predicted molar refractivity (Wildman–Crippen MR) is 87.9 cm³/mol. The van der Waals surface area contributed by atoms with E-state index >= 15 is 0 Å². The highest BCUT2D eigenvalue weighted by atomic mass is 35.5. The molecule has 24 heavy (non-hydrogen) atoms. The molecule has 7 heteroatoms. The first-order valence-corrected chi connectivity index (χ1v) is 8.38. The van der Waals surface area contributed by atoms with Gasteiger partial charge in [-0.05, 0) is 25.0 Å². The Morgan fingerprint density at radius 2 is 2.08 bits per heavy atom. The minimum absolute atomic E-state index is 0.0678. The van der Waals surface area contributed by atoms with Crippen LogP contribution in [0.3, 0.4) is 0 Å².